The van der Waals surface area contributed by atoms with E-state index < -0.39 is 21.5 Å². The zero-order valence-electron chi connectivity index (χ0n) is 28.6. The van der Waals surface area contributed by atoms with Crippen LogP contribution in [0.4, 0.5) is 0 Å². The first-order valence-electron chi connectivity index (χ1n) is 18.7. The fourth-order valence-electron chi connectivity index (χ4n) is 11.1. The Balaban J connectivity index is 1.39. The summed E-state index contributed by atoms with van der Waals surface area (Å²) in [4.78, 5) is 0. The van der Waals surface area contributed by atoms with Gasteiger partial charge in [0.25, 0.3) is 0 Å². The van der Waals surface area contributed by atoms with Gasteiger partial charge in [0.05, 0.1) is 0 Å². The summed E-state index contributed by atoms with van der Waals surface area (Å²) in [5.74, 6) is -1.76. The van der Waals surface area contributed by atoms with Gasteiger partial charge < -0.3 is 0 Å². The topological polar surface area (TPSA) is 0 Å². The molecular weight excluding hydrogens is 719 g/mol. The first-order valence-corrected chi connectivity index (χ1v) is 34.0. The summed E-state index contributed by atoms with van der Waals surface area (Å²) in [5.41, 5.74) is 15.1. The van der Waals surface area contributed by atoms with E-state index in [2.05, 4.69) is 123 Å². The monoisotopic (exact) mass is 765 g/mol. The molecule has 48 heavy (non-hydrogen) atoms. The quantitative estimate of drug-likeness (QED) is 0.164. The van der Waals surface area contributed by atoms with E-state index in [4.69, 9.17) is 0 Å². The van der Waals surface area contributed by atoms with Crippen LogP contribution in [0.15, 0.2) is 108 Å². The molecule has 0 N–H and O–H groups in total. The van der Waals surface area contributed by atoms with Gasteiger partial charge in [-0.15, -0.1) is 0 Å². The van der Waals surface area contributed by atoms with Crippen molar-refractivity contribution in [1.29, 1.82) is 0 Å². The Bertz CT molecular complexity index is 1730. The van der Waals surface area contributed by atoms with Crippen molar-refractivity contribution in [3.63, 3.8) is 0 Å². The minimum absolute atomic E-state index is 0.147. The van der Waals surface area contributed by atoms with Crippen LogP contribution in [-0.4, -0.2) is 5.92 Å². The summed E-state index contributed by atoms with van der Waals surface area (Å²) in [5, 5.41) is 0. The van der Waals surface area contributed by atoms with Crippen LogP contribution < -0.4 is 0 Å². The van der Waals surface area contributed by atoms with Crippen LogP contribution in [0, 0.1) is 0 Å². The second kappa shape index (κ2) is 13.3. The van der Waals surface area contributed by atoms with Crippen molar-refractivity contribution in [1.82, 2.24) is 0 Å². The molecule has 4 heteroatoms. The van der Waals surface area contributed by atoms with E-state index in [1.54, 1.807) is 0 Å². The SMILES string of the molecule is CC1=Cc2c(-c3ccccc3)cccc2[CH]1[Zr]([Cl])([Cl])([CH]1C(C)=Cc2c(-c3ccccc3)cccc21)[SiH](C1CCCCC1)C1CCCCC1. The average Bonchev–Trinajstić information content (AvgIpc) is 3.66. The average molecular weight is 768 g/mol. The molecule has 8 rings (SSSR count). The number of allylic oxidation sites excluding steroid dienone is 2. The first-order chi connectivity index (χ1) is 23.4. The van der Waals surface area contributed by atoms with E-state index in [1.165, 1.54) is 120 Å². The Hall–Kier alpha value is -1.96. The van der Waals surface area contributed by atoms with E-state index in [0.29, 0.717) is 0 Å². The number of hydrogen-bond donors (Lipinski definition) is 0. The van der Waals surface area contributed by atoms with Crippen LogP contribution in [0.25, 0.3) is 34.4 Å². The molecule has 4 aromatic carbocycles. The molecule has 2 atom stereocenters. The number of halogens is 2. The zero-order valence-corrected chi connectivity index (χ0v) is 33.7. The molecule has 247 valence electrons. The van der Waals surface area contributed by atoms with Gasteiger partial charge in [-0.2, -0.15) is 0 Å². The molecule has 4 aliphatic rings. The molecule has 0 aliphatic heterocycles. The Labute approximate surface area is 297 Å². The van der Waals surface area contributed by atoms with Gasteiger partial charge in [-0.3, -0.25) is 0 Å². The fraction of sp³-hybridized carbons (Fsp3) is 0.364. The number of rotatable bonds is 7. The molecule has 0 saturated heterocycles. The van der Waals surface area contributed by atoms with Crippen molar-refractivity contribution in [3.05, 3.63) is 130 Å². The van der Waals surface area contributed by atoms with E-state index in [0.717, 1.165) is 11.1 Å². The molecule has 2 saturated carbocycles. The van der Waals surface area contributed by atoms with Crippen LogP contribution >= 0.6 is 17.0 Å². The maximum atomic E-state index is 9.24. The van der Waals surface area contributed by atoms with Crippen LogP contribution in [0.2, 0.25) is 11.1 Å². The van der Waals surface area contributed by atoms with E-state index in [-0.39, 0.29) is 7.25 Å². The van der Waals surface area contributed by atoms with Gasteiger partial charge in [-0.05, 0) is 0 Å². The molecule has 2 fully saturated rings. The van der Waals surface area contributed by atoms with Crippen molar-refractivity contribution in [3.8, 4) is 22.3 Å². The Morgan fingerprint density at radius 2 is 0.896 bits per heavy atom. The van der Waals surface area contributed by atoms with Gasteiger partial charge in [0.1, 0.15) is 0 Å². The summed E-state index contributed by atoms with van der Waals surface area (Å²) in [6.45, 7) is 4.78. The van der Waals surface area contributed by atoms with Gasteiger partial charge in [0, 0.05) is 0 Å². The molecule has 4 aliphatic carbocycles. The van der Waals surface area contributed by atoms with E-state index >= 15 is 0 Å². The molecule has 0 nitrogen and oxygen atoms in total. The first kappa shape index (κ1) is 33.2. The Kier molecular flexibility index (Phi) is 9.20. The normalized spacial score (nSPS) is 22.5. The maximum absolute atomic E-state index is 9.24. The molecule has 0 radical (unpaired) electrons. The number of benzene rings is 4. The predicted octanol–water partition coefficient (Wildman–Crippen LogP) is 14.0. The molecular formula is C44H49Cl2SiZr. The molecule has 0 aromatic heterocycles. The summed E-state index contributed by atoms with van der Waals surface area (Å²) < 4.78 is 0.294. The van der Waals surface area contributed by atoms with E-state index in [9.17, 15) is 17.0 Å². The summed E-state index contributed by atoms with van der Waals surface area (Å²) in [7, 11) is 18.5. The second-order valence-electron chi connectivity index (χ2n) is 15.5. The summed E-state index contributed by atoms with van der Waals surface area (Å²) in [6.07, 6.45) is 18.5. The van der Waals surface area contributed by atoms with Crippen molar-refractivity contribution >= 4 is 35.1 Å². The van der Waals surface area contributed by atoms with Crippen molar-refractivity contribution in [2.45, 2.75) is 96.4 Å². The fourth-order valence-corrected chi connectivity index (χ4v) is 75.1. The minimum atomic E-state index is -5.03. The number of hydrogen-bond acceptors (Lipinski definition) is 0. The van der Waals surface area contributed by atoms with E-state index in [1.807, 2.05) is 0 Å². The Morgan fingerprint density at radius 3 is 1.29 bits per heavy atom. The summed E-state index contributed by atoms with van der Waals surface area (Å²) in [6, 6.07) is 35.9. The van der Waals surface area contributed by atoms with Gasteiger partial charge in [-0.1, -0.05) is 0 Å². The van der Waals surface area contributed by atoms with Crippen LogP contribution in [0.5, 0.6) is 0 Å². The Morgan fingerprint density at radius 1 is 0.500 bits per heavy atom. The van der Waals surface area contributed by atoms with Crippen molar-refractivity contribution in [2.24, 2.45) is 0 Å². The van der Waals surface area contributed by atoms with Gasteiger partial charge in [0.2, 0.25) is 0 Å². The molecule has 4 aromatic rings. The van der Waals surface area contributed by atoms with Gasteiger partial charge in [0.15, 0.2) is 0 Å². The van der Waals surface area contributed by atoms with Crippen molar-refractivity contribution in [2.75, 3.05) is 0 Å². The third-order valence-corrected chi connectivity index (χ3v) is 61.0. The molecule has 2 unspecified atom stereocenters. The zero-order chi connectivity index (χ0) is 32.9. The third kappa shape index (κ3) is 5.48. The predicted molar refractivity (Wildman–Crippen MR) is 209 cm³/mol. The standard InChI is InChI=1S/2C16H13.C12H23Si.2ClH.Zr/c2*1-12-10-14-8-5-9-15(16(14)11-12)13-6-3-2-4-7-13;1-3-7-11(8-4-1)13-12-9-5-2-6-10-12;;;/h2*2-11H,1H3;11-13H,1-10H2;2*1H;/q;;;;;+2/p-2. The third-order valence-electron chi connectivity index (χ3n) is 12.8. The molecule has 0 bridgehead atoms. The van der Waals surface area contributed by atoms with Crippen LogP contribution in [-0.2, 0) is 15.6 Å². The van der Waals surface area contributed by atoms with Crippen molar-refractivity contribution < 1.29 is 15.6 Å². The molecule has 0 heterocycles. The second-order valence-corrected chi connectivity index (χ2v) is 55.1. The van der Waals surface area contributed by atoms with Crippen LogP contribution in [0.3, 0.4) is 0 Å². The van der Waals surface area contributed by atoms with Gasteiger partial charge >= 0.3 is 300 Å². The molecule has 0 amide bonds. The summed E-state index contributed by atoms with van der Waals surface area (Å²) >= 11 is -5.03. The number of fused-ring (bicyclic) bond motifs is 2. The van der Waals surface area contributed by atoms with Gasteiger partial charge in [-0.25, -0.2) is 0 Å². The molecule has 0 spiro atoms. The van der Waals surface area contributed by atoms with Crippen LogP contribution in [0.1, 0.15) is 108 Å².